The summed E-state index contributed by atoms with van der Waals surface area (Å²) in [6.45, 7) is 22.8. The molecule has 3 heteroatoms. The summed E-state index contributed by atoms with van der Waals surface area (Å²) in [4.78, 5) is 0. The minimum absolute atomic E-state index is 1.01. The number of aryl methyl sites for hydroxylation is 4. The summed E-state index contributed by atoms with van der Waals surface area (Å²) < 4.78 is 1.64. The van der Waals surface area contributed by atoms with E-state index in [2.05, 4.69) is 93.5 Å². The molecule has 0 saturated heterocycles. The van der Waals surface area contributed by atoms with Crippen LogP contribution in [-0.2, 0) is 33.7 Å². The maximum atomic E-state index is 12.4. The van der Waals surface area contributed by atoms with Gasteiger partial charge in [0.2, 0.25) is 11.4 Å². The molecule has 0 unspecified atom stereocenters. The van der Waals surface area contributed by atoms with Gasteiger partial charge in [-0.25, -0.2) is 4.70 Å². The Morgan fingerprint density at radius 2 is 0.523 bits per heavy atom. The Bertz CT molecular complexity index is 1890. The van der Waals surface area contributed by atoms with Crippen LogP contribution in [0, 0.1) is 20.8 Å². The fourth-order valence-electron chi connectivity index (χ4n) is 13.4. The van der Waals surface area contributed by atoms with Crippen molar-refractivity contribution in [1.29, 1.82) is 0 Å². The predicted octanol–water partition coefficient (Wildman–Crippen LogP) is 29.7. The average molecular weight is 1230 g/mol. The molecular formula is C83H148N2Ni. The number of allylic oxidation sites excluding steroid dienone is 2. The number of unbranched alkanes of at least 4 members (excludes halogenated alkanes) is 43. The second-order valence-corrected chi connectivity index (χ2v) is 28.9. The molecule has 0 fully saturated rings. The van der Waals surface area contributed by atoms with Crippen LogP contribution in [0.3, 0.4) is 0 Å². The number of hydrogen-bond donors (Lipinski definition) is 0. The summed E-state index contributed by atoms with van der Waals surface area (Å²) in [5.74, 6) is 0. The molecule has 0 amide bonds. The van der Waals surface area contributed by atoms with Crippen LogP contribution in [0.5, 0.6) is 0 Å². The van der Waals surface area contributed by atoms with E-state index < -0.39 is 0 Å². The van der Waals surface area contributed by atoms with Crippen molar-refractivity contribution in [1.82, 2.24) is 0 Å². The first-order valence-corrected chi connectivity index (χ1v) is 40.3. The Kier molecular flexibility index (Phi) is 53.1. The van der Waals surface area contributed by atoms with Gasteiger partial charge in [0.05, 0.1) is 0 Å². The van der Waals surface area contributed by atoms with Crippen LogP contribution in [0.1, 0.15) is 427 Å². The molecule has 0 radical (unpaired) electrons. The SMILES string of the molecule is CCCCCCCCCCCCCCCCCC[CH2][Ni][CH2]CCCCCCCCCCCCCCCCCC.CCCCCCc1cc(C2=C(CCCC)C(CCCC)=C(c3cc(C)c(C)c(C)c3)[N+]2=[N-])cc(CCCCCC)c1CCCCCC. The van der Waals surface area contributed by atoms with Gasteiger partial charge >= 0.3 is 166 Å². The normalized spacial score (nSPS) is 12.7. The van der Waals surface area contributed by atoms with Crippen molar-refractivity contribution in [2.45, 2.75) is 433 Å². The molecule has 0 spiro atoms. The molecule has 0 N–H and O–H groups in total. The van der Waals surface area contributed by atoms with E-state index in [-0.39, 0.29) is 0 Å². The summed E-state index contributed by atoms with van der Waals surface area (Å²) in [5.41, 5.74) is 28.4. The van der Waals surface area contributed by atoms with Gasteiger partial charge in [0.25, 0.3) is 0 Å². The van der Waals surface area contributed by atoms with E-state index >= 15 is 0 Å². The fourth-order valence-corrected chi connectivity index (χ4v) is 14.7. The molecule has 2 aromatic rings. The average Bonchev–Trinajstić information content (AvgIpc) is 3.92. The van der Waals surface area contributed by atoms with Crippen molar-refractivity contribution in [2.24, 2.45) is 0 Å². The van der Waals surface area contributed by atoms with Crippen LogP contribution in [0.2, 0.25) is 10.8 Å². The predicted molar refractivity (Wildman–Crippen MR) is 385 cm³/mol. The van der Waals surface area contributed by atoms with Crippen LogP contribution in [0.25, 0.3) is 16.9 Å². The first-order valence-electron chi connectivity index (χ1n) is 38.9. The Morgan fingerprint density at radius 1 is 0.279 bits per heavy atom. The van der Waals surface area contributed by atoms with Gasteiger partial charge in [0.15, 0.2) is 0 Å². The van der Waals surface area contributed by atoms with E-state index in [0.717, 1.165) is 68.3 Å². The van der Waals surface area contributed by atoms with Crippen molar-refractivity contribution in [3.05, 3.63) is 85.5 Å². The van der Waals surface area contributed by atoms with E-state index in [4.69, 9.17) is 0 Å². The van der Waals surface area contributed by atoms with E-state index in [1.165, 1.54) is 346 Å². The monoisotopic (exact) mass is 1230 g/mol. The van der Waals surface area contributed by atoms with Crippen LogP contribution < -0.4 is 0 Å². The number of benzene rings is 2. The topological polar surface area (TPSA) is 25.3 Å². The zero-order chi connectivity index (χ0) is 62.3. The van der Waals surface area contributed by atoms with Crippen LogP contribution in [-0.4, -0.2) is 4.70 Å². The first kappa shape index (κ1) is 80.1. The van der Waals surface area contributed by atoms with Gasteiger partial charge in [-0.3, -0.25) is 0 Å². The Morgan fingerprint density at radius 3 is 0.814 bits per heavy atom. The Hall–Kier alpha value is -1.99. The van der Waals surface area contributed by atoms with Crippen molar-refractivity contribution < 1.29 is 19.1 Å². The molecule has 3 rings (SSSR count). The van der Waals surface area contributed by atoms with Crippen molar-refractivity contribution in [3.63, 3.8) is 0 Å². The van der Waals surface area contributed by atoms with Gasteiger partial charge in [0.1, 0.15) is 0 Å². The first-order chi connectivity index (χ1) is 42.2. The molecule has 0 aromatic heterocycles. The number of hydrogen-bond acceptors (Lipinski definition) is 0. The molecule has 0 atom stereocenters. The summed E-state index contributed by atoms with van der Waals surface area (Å²) in [5, 5.41) is 2.87. The van der Waals surface area contributed by atoms with E-state index in [9.17, 15) is 5.53 Å². The van der Waals surface area contributed by atoms with Gasteiger partial charge in [-0.15, -0.1) is 0 Å². The molecule has 86 heavy (non-hydrogen) atoms. The van der Waals surface area contributed by atoms with Gasteiger partial charge in [-0.05, 0) is 143 Å². The number of rotatable bonds is 59. The Balaban J connectivity index is 0.000000599. The van der Waals surface area contributed by atoms with E-state index in [1.807, 2.05) is 14.4 Å². The van der Waals surface area contributed by atoms with Gasteiger partial charge in [-0.1, -0.05) is 196 Å². The second kappa shape index (κ2) is 57.0. The van der Waals surface area contributed by atoms with Gasteiger partial charge in [0, 0.05) is 22.3 Å². The number of nitrogens with zero attached hydrogens (tertiary/aromatic N) is 2. The fraction of sp³-hybridized carbons (Fsp3) is 0.807. The van der Waals surface area contributed by atoms with Crippen LogP contribution in [0.15, 0.2) is 35.4 Å². The molecule has 500 valence electrons. The van der Waals surface area contributed by atoms with Crippen molar-refractivity contribution >= 4 is 11.4 Å². The van der Waals surface area contributed by atoms with E-state index in [0.29, 0.717) is 0 Å². The summed E-state index contributed by atoms with van der Waals surface area (Å²) in [6, 6.07) is 9.66. The summed E-state index contributed by atoms with van der Waals surface area (Å²) >= 11 is 2.05. The third kappa shape index (κ3) is 37.4. The molecule has 1 aliphatic heterocycles. The molecular weight excluding hydrogens is 1080 g/mol. The molecule has 0 bridgehead atoms. The van der Waals surface area contributed by atoms with Crippen molar-refractivity contribution in [2.75, 3.05) is 0 Å². The molecule has 2 aromatic carbocycles. The minimum Gasteiger partial charge on any atom is -0.493 e. The molecule has 0 aliphatic carbocycles. The third-order valence-electron chi connectivity index (χ3n) is 19.4. The van der Waals surface area contributed by atoms with Gasteiger partial charge in [-0.2, -0.15) is 0 Å². The Labute approximate surface area is 545 Å². The standard InChI is InChI=1S/C45H70N2.2C19H39.Ni/c1-9-14-19-22-25-37-32-40(33-38(26-23-20-15-10-2)41(37)29-24-21-16-11-3)45-43(28-18-13-5)42(27-17-12-4)44(47(45)46)39-30-34(6)36(8)35(7)31-39;2*1-3-5-7-9-11-13-15-17-19-18-16-14-12-10-8-6-4-2;/h30-33H,9-29H2,1-8H3;2*1,3-19H2,2H3;. The molecule has 2 nitrogen and oxygen atoms in total. The van der Waals surface area contributed by atoms with Crippen LogP contribution >= 0.6 is 0 Å². The maximum absolute atomic E-state index is 12.4. The third-order valence-corrected chi connectivity index (χ3v) is 20.8. The summed E-state index contributed by atoms with van der Waals surface area (Å²) in [6.07, 6.45) is 75.9. The van der Waals surface area contributed by atoms with Crippen LogP contribution in [0.4, 0.5) is 0 Å². The smallest absolute Gasteiger partial charge is 0.493 e. The van der Waals surface area contributed by atoms with E-state index in [1.54, 1.807) is 21.4 Å². The zero-order valence-corrected chi connectivity index (χ0v) is 60.8. The second-order valence-electron chi connectivity index (χ2n) is 27.4. The quantitative estimate of drug-likeness (QED) is 0.0358. The van der Waals surface area contributed by atoms with Gasteiger partial charge < -0.3 is 5.53 Å². The minimum atomic E-state index is 1.01. The molecule has 1 heterocycles. The zero-order valence-electron chi connectivity index (χ0n) is 59.8. The molecule has 0 saturated carbocycles. The summed E-state index contributed by atoms with van der Waals surface area (Å²) in [7, 11) is 0. The van der Waals surface area contributed by atoms with Crippen molar-refractivity contribution in [3.8, 4) is 0 Å². The molecule has 1 aliphatic rings.